The van der Waals surface area contributed by atoms with Crippen molar-refractivity contribution < 1.29 is 4.74 Å². The molecule has 0 atom stereocenters. The highest BCUT2D eigenvalue weighted by Gasteiger charge is 2.00. The number of nitriles is 1. The number of benzene rings is 1. The second-order valence-corrected chi connectivity index (χ2v) is 4.22. The third kappa shape index (κ3) is 3.85. The van der Waals surface area contributed by atoms with E-state index in [0.717, 1.165) is 24.3 Å². The van der Waals surface area contributed by atoms with Gasteiger partial charge >= 0.3 is 0 Å². The van der Waals surface area contributed by atoms with Crippen molar-refractivity contribution in [2.24, 2.45) is 0 Å². The molecule has 0 N–H and O–H groups in total. The molecule has 1 rings (SSSR count). The minimum Gasteiger partial charge on any atom is -0.497 e. The van der Waals surface area contributed by atoms with Gasteiger partial charge in [-0.1, -0.05) is 6.07 Å². The van der Waals surface area contributed by atoms with E-state index < -0.39 is 0 Å². The molecule has 0 aliphatic carbocycles. The molecule has 1 aromatic carbocycles. The number of nitrogens with zero attached hydrogens (tertiary/aromatic N) is 1. The van der Waals surface area contributed by atoms with Crippen LogP contribution in [0.2, 0.25) is 0 Å². The molecule has 0 saturated heterocycles. The minimum atomic E-state index is 0.905. The van der Waals surface area contributed by atoms with E-state index in [1.54, 1.807) is 7.11 Å². The van der Waals surface area contributed by atoms with E-state index in [4.69, 9.17) is 10.00 Å². The van der Waals surface area contributed by atoms with Crippen molar-refractivity contribution in [1.29, 1.82) is 5.26 Å². The third-order valence-electron chi connectivity index (χ3n) is 2.31. The van der Waals surface area contributed by atoms with Crippen LogP contribution in [0.15, 0.2) is 18.2 Å². The Labute approximate surface area is 95.3 Å². The summed E-state index contributed by atoms with van der Waals surface area (Å²) in [5, 5.41) is 10.5. The summed E-state index contributed by atoms with van der Waals surface area (Å²) in [7, 11) is 1.68. The summed E-state index contributed by atoms with van der Waals surface area (Å²) in [6.07, 6.45) is 2.08. The first kappa shape index (κ1) is 11.9. The van der Waals surface area contributed by atoms with E-state index in [0.29, 0.717) is 0 Å². The van der Waals surface area contributed by atoms with Gasteiger partial charge in [-0.25, -0.2) is 0 Å². The van der Waals surface area contributed by atoms with E-state index in [1.807, 2.05) is 12.1 Å². The third-order valence-corrected chi connectivity index (χ3v) is 2.93. The number of hydrogen-bond donors (Lipinski definition) is 0. The van der Waals surface area contributed by atoms with Crippen LogP contribution in [0.25, 0.3) is 0 Å². The summed E-state index contributed by atoms with van der Waals surface area (Å²) < 4.78 is 5.15. The van der Waals surface area contributed by atoms with E-state index in [-0.39, 0.29) is 0 Å². The quantitative estimate of drug-likeness (QED) is 0.565. The van der Waals surface area contributed by atoms with Gasteiger partial charge in [0.15, 0.2) is 0 Å². The largest absolute Gasteiger partial charge is 0.497 e. The summed E-state index contributed by atoms with van der Waals surface area (Å²) in [4.78, 5) is 0. The van der Waals surface area contributed by atoms with E-state index in [2.05, 4.69) is 18.4 Å². The molecule has 0 heterocycles. The molecule has 0 unspecified atom stereocenters. The lowest BCUT2D eigenvalue weighted by Crippen LogP contribution is -1.92. The number of thiocyanates is 1. The Balaban J connectivity index is 2.51. The van der Waals surface area contributed by atoms with E-state index in [1.165, 1.54) is 22.9 Å². The van der Waals surface area contributed by atoms with Crippen LogP contribution in [0.4, 0.5) is 0 Å². The average molecular weight is 221 g/mol. The zero-order chi connectivity index (χ0) is 11.1. The maximum atomic E-state index is 8.38. The first-order valence-electron chi connectivity index (χ1n) is 4.92. The van der Waals surface area contributed by atoms with Crippen molar-refractivity contribution in [3.63, 3.8) is 0 Å². The molecule has 0 radical (unpaired) electrons. The van der Waals surface area contributed by atoms with Crippen molar-refractivity contribution >= 4 is 11.8 Å². The molecule has 0 spiro atoms. The molecule has 2 nitrogen and oxygen atoms in total. The molecule has 0 saturated carbocycles. The standard InChI is InChI=1S/C12H15NOS/c1-10-8-12(14-2)6-5-11(10)4-3-7-15-9-13/h5-6,8H,3-4,7H2,1-2H3. The van der Waals surface area contributed by atoms with Gasteiger partial charge < -0.3 is 4.74 Å². The summed E-state index contributed by atoms with van der Waals surface area (Å²) in [6, 6.07) is 6.14. The van der Waals surface area contributed by atoms with Crippen LogP contribution in [0.1, 0.15) is 17.5 Å². The van der Waals surface area contributed by atoms with Gasteiger partial charge in [-0.2, -0.15) is 5.26 Å². The molecule has 0 aliphatic rings. The number of hydrogen-bond acceptors (Lipinski definition) is 3. The summed E-state index contributed by atoms with van der Waals surface area (Å²) in [5.74, 6) is 1.81. The van der Waals surface area contributed by atoms with Crippen molar-refractivity contribution in [1.82, 2.24) is 0 Å². The highest BCUT2D eigenvalue weighted by Crippen LogP contribution is 2.18. The zero-order valence-electron chi connectivity index (χ0n) is 9.12. The Morgan fingerprint density at radius 3 is 2.87 bits per heavy atom. The maximum Gasteiger partial charge on any atom is 0.133 e. The fraction of sp³-hybridized carbons (Fsp3) is 0.417. The fourth-order valence-corrected chi connectivity index (χ4v) is 1.84. The topological polar surface area (TPSA) is 33.0 Å². The number of methoxy groups -OCH3 is 1. The number of aryl methyl sites for hydroxylation is 2. The normalized spacial score (nSPS) is 9.67. The van der Waals surface area contributed by atoms with Crippen molar-refractivity contribution in [2.75, 3.05) is 12.9 Å². The molecule has 3 heteroatoms. The predicted octanol–water partition coefficient (Wildman–Crippen LogP) is 3.15. The lowest BCUT2D eigenvalue weighted by Gasteiger charge is -2.07. The number of rotatable bonds is 5. The van der Waals surface area contributed by atoms with Gasteiger partial charge in [0, 0.05) is 5.75 Å². The smallest absolute Gasteiger partial charge is 0.133 e. The van der Waals surface area contributed by atoms with Crippen LogP contribution < -0.4 is 4.74 Å². The van der Waals surface area contributed by atoms with Crippen molar-refractivity contribution in [3.8, 4) is 11.2 Å². The maximum absolute atomic E-state index is 8.38. The Hall–Kier alpha value is -1.14. The monoisotopic (exact) mass is 221 g/mol. The summed E-state index contributed by atoms with van der Waals surface area (Å²) >= 11 is 1.32. The van der Waals surface area contributed by atoms with E-state index >= 15 is 0 Å². The van der Waals surface area contributed by atoms with Gasteiger partial charge in [-0.3, -0.25) is 0 Å². The molecule has 0 aromatic heterocycles. The molecular weight excluding hydrogens is 206 g/mol. The predicted molar refractivity (Wildman–Crippen MR) is 64.1 cm³/mol. The van der Waals surface area contributed by atoms with Gasteiger partial charge in [0.25, 0.3) is 0 Å². The molecular formula is C12H15NOS. The highest BCUT2D eigenvalue weighted by molar-refractivity contribution is 8.03. The Morgan fingerprint density at radius 2 is 2.27 bits per heavy atom. The molecule has 1 aromatic rings. The van der Waals surface area contributed by atoms with Gasteiger partial charge in [0.1, 0.15) is 11.2 Å². The minimum absolute atomic E-state index is 0.905. The van der Waals surface area contributed by atoms with Crippen LogP contribution in [0, 0.1) is 17.6 Å². The highest BCUT2D eigenvalue weighted by atomic mass is 32.2. The van der Waals surface area contributed by atoms with Gasteiger partial charge in [-0.15, -0.1) is 0 Å². The summed E-state index contributed by atoms with van der Waals surface area (Å²) in [5.41, 5.74) is 2.60. The van der Waals surface area contributed by atoms with Gasteiger partial charge in [0.2, 0.25) is 0 Å². The number of ether oxygens (including phenoxy) is 1. The fourth-order valence-electron chi connectivity index (χ4n) is 1.46. The molecule has 0 aliphatic heterocycles. The lowest BCUT2D eigenvalue weighted by atomic mass is 10.0. The average Bonchev–Trinajstić information content (AvgIpc) is 2.26. The van der Waals surface area contributed by atoms with Crippen molar-refractivity contribution in [3.05, 3.63) is 29.3 Å². The van der Waals surface area contributed by atoms with Crippen LogP contribution in [0.5, 0.6) is 5.75 Å². The van der Waals surface area contributed by atoms with Crippen LogP contribution in [0.3, 0.4) is 0 Å². The van der Waals surface area contributed by atoms with Crippen LogP contribution in [-0.2, 0) is 6.42 Å². The van der Waals surface area contributed by atoms with Crippen molar-refractivity contribution in [2.45, 2.75) is 19.8 Å². The Kier molecular flexibility index (Phi) is 5.06. The first-order valence-corrected chi connectivity index (χ1v) is 5.91. The molecule has 0 bridgehead atoms. The van der Waals surface area contributed by atoms with E-state index in [9.17, 15) is 0 Å². The molecule has 0 amide bonds. The second kappa shape index (κ2) is 6.36. The van der Waals surface area contributed by atoms with Gasteiger partial charge in [-0.05, 0) is 54.8 Å². The Morgan fingerprint density at radius 1 is 1.47 bits per heavy atom. The first-order chi connectivity index (χ1) is 7.27. The van der Waals surface area contributed by atoms with Crippen LogP contribution >= 0.6 is 11.8 Å². The van der Waals surface area contributed by atoms with Gasteiger partial charge in [0.05, 0.1) is 7.11 Å². The lowest BCUT2D eigenvalue weighted by molar-refractivity contribution is 0.414. The molecule has 15 heavy (non-hydrogen) atoms. The summed E-state index contributed by atoms with van der Waals surface area (Å²) in [6.45, 7) is 2.09. The second-order valence-electron chi connectivity index (χ2n) is 3.34. The molecule has 0 fully saturated rings. The zero-order valence-corrected chi connectivity index (χ0v) is 9.93. The Bertz CT molecular complexity index is 357. The number of thioether (sulfide) groups is 1. The van der Waals surface area contributed by atoms with Crippen LogP contribution in [-0.4, -0.2) is 12.9 Å². The SMILES string of the molecule is COc1ccc(CCCSC#N)c(C)c1. The molecule has 80 valence electrons.